The highest BCUT2D eigenvalue weighted by Gasteiger charge is 2.36. The SMILES string of the molecule is C.CC(C)(C)OC(=O)Nc1cccc(-c2ccc(S(=O)(=O)N3CCC[C@@H]3CO)cc2)n1.Cl.Nc1cccc(-c2ccc(S(=O)(=O)N3CCC[C@@H]3CO)cc2)n1. The van der Waals surface area contributed by atoms with Crippen LogP contribution in [0.5, 0.6) is 0 Å². The normalized spacial score (nSPS) is 17.6. The molecule has 4 aromatic rings. The van der Waals surface area contributed by atoms with Crippen molar-refractivity contribution < 1.29 is 36.6 Å². The van der Waals surface area contributed by atoms with Crippen LogP contribution < -0.4 is 11.1 Å². The van der Waals surface area contributed by atoms with Gasteiger partial charge in [0.25, 0.3) is 0 Å². The summed E-state index contributed by atoms with van der Waals surface area (Å²) in [5.41, 5.74) is 7.85. The minimum atomic E-state index is -3.66. The lowest BCUT2D eigenvalue weighted by atomic mass is 10.1. The fourth-order valence-electron chi connectivity index (χ4n) is 6.17. The number of ether oxygens (including phenoxy) is 1. The summed E-state index contributed by atoms with van der Waals surface area (Å²) in [6, 6.07) is 22.8. The highest BCUT2D eigenvalue weighted by atomic mass is 35.5. The molecule has 2 aliphatic rings. The average Bonchev–Trinajstić information content (AvgIpc) is 3.82. The standard InChI is InChI=1S/C21H27N3O5S.C16H19N3O3S.CH4.ClH/c1-21(2,3)29-20(26)23-19-8-4-7-18(22-19)15-9-11-17(12-10-15)30(27,28)24-13-5-6-16(24)14-25;17-16-5-1-4-15(18-16)12-6-8-14(9-7-12)23(21,22)19-10-2-3-13(19)11-20;;/h4,7-12,16,25H,5-6,13-14H2,1-3H3,(H,22,23,26);1,4-9,13,20H,2-3,10-11H2,(H2,17,18);1H4;1H/t16-;13-;;/m11../s1. The van der Waals surface area contributed by atoms with Crippen molar-refractivity contribution in [1.29, 1.82) is 0 Å². The number of rotatable bonds is 9. The van der Waals surface area contributed by atoms with Crippen LogP contribution in [0, 0.1) is 0 Å². The van der Waals surface area contributed by atoms with E-state index in [0.717, 1.165) is 18.4 Å². The second-order valence-corrected chi connectivity index (χ2v) is 17.5. The van der Waals surface area contributed by atoms with Crippen molar-refractivity contribution in [2.24, 2.45) is 0 Å². The van der Waals surface area contributed by atoms with Crippen LogP contribution >= 0.6 is 12.4 Å². The molecule has 2 saturated heterocycles. The first-order valence-electron chi connectivity index (χ1n) is 17.3. The summed E-state index contributed by atoms with van der Waals surface area (Å²) >= 11 is 0. The Morgan fingerprint density at radius 1 is 0.764 bits per heavy atom. The van der Waals surface area contributed by atoms with Gasteiger partial charge in [-0.1, -0.05) is 43.8 Å². The molecule has 4 heterocycles. The number of aromatic nitrogens is 2. The molecule has 55 heavy (non-hydrogen) atoms. The lowest BCUT2D eigenvalue weighted by Crippen LogP contribution is -2.37. The molecule has 0 saturated carbocycles. The van der Waals surface area contributed by atoms with Crippen LogP contribution in [0.25, 0.3) is 22.5 Å². The zero-order valence-electron chi connectivity index (χ0n) is 30.3. The average molecular weight is 819 g/mol. The van der Waals surface area contributed by atoms with Gasteiger partial charge >= 0.3 is 6.09 Å². The van der Waals surface area contributed by atoms with Gasteiger partial charge in [0, 0.05) is 36.3 Å². The largest absolute Gasteiger partial charge is 0.444 e. The van der Waals surface area contributed by atoms with Crippen LogP contribution in [0.1, 0.15) is 53.9 Å². The molecular weight excluding hydrogens is 768 g/mol. The molecule has 0 radical (unpaired) electrons. The molecule has 6 rings (SSSR count). The summed E-state index contributed by atoms with van der Waals surface area (Å²) in [7, 11) is -7.24. The maximum atomic E-state index is 12.9. The minimum Gasteiger partial charge on any atom is -0.444 e. The number of hydrogen-bond donors (Lipinski definition) is 4. The Hall–Kier alpha value is -4.16. The number of nitrogens with zero attached hydrogens (tertiary/aromatic N) is 4. The van der Waals surface area contributed by atoms with Gasteiger partial charge in [0.15, 0.2) is 0 Å². The van der Waals surface area contributed by atoms with Crippen molar-refractivity contribution in [3.8, 4) is 22.5 Å². The molecule has 17 heteroatoms. The van der Waals surface area contributed by atoms with Crippen molar-refractivity contribution in [2.45, 2.75) is 81.4 Å². The number of hydrogen-bond acceptors (Lipinski definition) is 11. The second-order valence-electron chi connectivity index (χ2n) is 13.7. The van der Waals surface area contributed by atoms with Gasteiger partial charge in [-0.05, 0) is 95.0 Å². The molecule has 2 aromatic carbocycles. The van der Waals surface area contributed by atoms with Crippen LogP contribution in [-0.4, -0.2) is 95.7 Å². The second kappa shape index (κ2) is 19.1. The van der Waals surface area contributed by atoms with E-state index in [1.807, 2.05) is 6.07 Å². The molecule has 2 fully saturated rings. The number of pyridine rings is 2. The molecule has 2 aliphatic heterocycles. The van der Waals surface area contributed by atoms with E-state index in [-0.39, 0.29) is 54.9 Å². The zero-order valence-corrected chi connectivity index (χ0v) is 32.8. The number of nitrogens with two attached hydrogens (primary N) is 1. The summed E-state index contributed by atoms with van der Waals surface area (Å²) in [5, 5.41) is 21.4. The number of anilines is 2. The van der Waals surface area contributed by atoms with E-state index >= 15 is 0 Å². The smallest absolute Gasteiger partial charge is 0.413 e. The predicted octanol–water partition coefficient (Wildman–Crippen LogP) is 5.78. The highest BCUT2D eigenvalue weighted by Crippen LogP contribution is 2.29. The number of benzene rings is 2. The monoisotopic (exact) mass is 818 g/mol. The molecule has 2 aromatic heterocycles. The van der Waals surface area contributed by atoms with Gasteiger partial charge in [-0.25, -0.2) is 31.6 Å². The summed E-state index contributed by atoms with van der Waals surface area (Å²) in [6.45, 7) is 5.86. The van der Waals surface area contributed by atoms with Gasteiger partial charge in [0.1, 0.15) is 17.2 Å². The van der Waals surface area contributed by atoms with Gasteiger partial charge < -0.3 is 20.7 Å². The van der Waals surface area contributed by atoms with E-state index in [0.29, 0.717) is 54.5 Å². The van der Waals surface area contributed by atoms with E-state index in [4.69, 9.17) is 10.5 Å². The van der Waals surface area contributed by atoms with Crippen molar-refractivity contribution in [3.63, 3.8) is 0 Å². The Morgan fingerprint density at radius 2 is 1.20 bits per heavy atom. The molecule has 5 N–H and O–H groups in total. The van der Waals surface area contributed by atoms with Gasteiger partial charge in [0.2, 0.25) is 20.0 Å². The van der Waals surface area contributed by atoms with E-state index in [2.05, 4.69) is 15.3 Å². The number of carbonyl (C=O) groups is 1. The number of carbonyl (C=O) groups excluding carboxylic acids is 1. The third-order valence-corrected chi connectivity index (χ3v) is 12.7. The molecular formula is C38H51ClN6O8S2. The van der Waals surface area contributed by atoms with Crippen LogP contribution in [0.15, 0.2) is 94.7 Å². The Kier molecular flexibility index (Phi) is 15.7. The summed E-state index contributed by atoms with van der Waals surface area (Å²) in [4.78, 5) is 21.0. The minimum absolute atomic E-state index is 0. The lowest BCUT2D eigenvalue weighted by molar-refractivity contribution is 0.0635. The molecule has 0 bridgehead atoms. The first kappa shape index (κ1) is 45.2. The van der Waals surface area contributed by atoms with E-state index < -0.39 is 31.7 Å². The van der Waals surface area contributed by atoms with Crippen molar-refractivity contribution >= 4 is 50.2 Å². The Labute approximate surface area is 330 Å². The van der Waals surface area contributed by atoms with E-state index in [9.17, 15) is 31.8 Å². The zero-order chi connectivity index (χ0) is 38.4. The number of sulfonamides is 2. The Balaban J connectivity index is 0.000000294. The number of amides is 1. The lowest BCUT2D eigenvalue weighted by Gasteiger charge is -2.22. The van der Waals surface area contributed by atoms with Gasteiger partial charge in [0.05, 0.1) is 34.4 Å². The number of aliphatic hydroxyl groups excluding tert-OH is 2. The highest BCUT2D eigenvalue weighted by molar-refractivity contribution is 7.89. The number of nitrogen functional groups attached to an aromatic ring is 1. The molecule has 2 atom stereocenters. The third kappa shape index (κ3) is 11.2. The van der Waals surface area contributed by atoms with Gasteiger partial charge in [-0.3, -0.25) is 5.32 Å². The quantitative estimate of drug-likeness (QED) is 0.159. The summed E-state index contributed by atoms with van der Waals surface area (Å²) in [5.74, 6) is 0.753. The summed E-state index contributed by atoms with van der Waals surface area (Å²) < 4.78 is 59.1. The van der Waals surface area contributed by atoms with Crippen LogP contribution in [0.4, 0.5) is 16.4 Å². The van der Waals surface area contributed by atoms with Crippen molar-refractivity contribution in [2.75, 3.05) is 37.4 Å². The van der Waals surface area contributed by atoms with Crippen LogP contribution in [-0.2, 0) is 24.8 Å². The molecule has 0 unspecified atom stereocenters. The van der Waals surface area contributed by atoms with E-state index in [1.54, 1.807) is 87.5 Å². The van der Waals surface area contributed by atoms with Crippen molar-refractivity contribution in [3.05, 3.63) is 84.9 Å². The molecule has 300 valence electrons. The number of aliphatic hydroxyl groups is 2. The fraction of sp³-hybridized carbons (Fsp3) is 0.395. The van der Waals surface area contributed by atoms with Crippen LogP contribution in [0.3, 0.4) is 0 Å². The first-order valence-corrected chi connectivity index (χ1v) is 20.2. The number of halogens is 1. The maximum absolute atomic E-state index is 12.9. The third-order valence-electron chi connectivity index (χ3n) is 8.73. The number of nitrogens with one attached hydrogen (secondary N) is 1. The maximum Gasteiger partial charge on any atom is 0.413 e. The molecule has 0 spiro atoms. The first-order chi connectivity index (χ1) is 25.1. The van der Waals surface area contributed by atoms with Crippen molar-refractivity contribution in [1.82, 2.24) is 18.6 Å². The molecule has 1 amide bonds. The Bertz CT molecular complexity index is 2100. The molecule has 14 nitrogen and oxygen atoms in total. The van der Waals surface area contributed by atoms with Gasteiger partial charge in [-0.2, -0.15) is 8.61 Å². The summed E-state index contributed by atoms with van der Waals surface area (Å²) in [6.07, 6.45) is 2.27. The predicted molar refractivity (Wildman–Crippen MR) is 216 cm³/mol. The fourth-order valence-corrected chi connectivity index (χ4v) is 9.54. The van der Waals surface area contributed by atoms with E-state index in [1.165, 1.54) is 20.7 Å². The van der Waals surface area contributed by atoms with Gasteiger partial charge in [-0.15, -0.1) is 12.4 Å². The molecule has 0 aliphatic carbocycles. The van der Waals surface area contributed by atoms with Crippen LogP contribution in [0.2, 0.25) is 0 Å². The topological polar surface area (TPSA) is 205 Å². The Morgan fingerprint density at radius 3 is 1.62 bits per heavy atom.